The number of benzene rings is 1. The van der Waals surface area contributed by atoms with Gasteiger partial charge in [-0.2, -0.15) is 5.26 Å². The average Bonchev–Trinajstić information content (AvgIpc) is 2.77. The van der Waals surface area contributed by atoms with Gasteiger partial charge in [0.15, 0.2) is 0 Å². The van der Waals surface area contributed by atoms with Gasteiger partial charge in [0.1, 0.15) is 0 Å². The van der Waals surface area contributed by atoms with Crippen molar-refractivity contribution >= 4 is 0 Å². The highest BCUT2D eigenvalue weighted by Crippen LogP contribution is 2.44. The molecular formula is C27H41N. The molecule has 1 aromatic carbocycles. The Balaban J connectivity index is 1.32. The third-order valence-corrected chi connectivity index (χ3v) is 7.81. The van der Waals surface area contributed by atoms with Crippen LogP contribution in [0.5, 0.6) is 0 Å². The van der Waals surface area contributed by atoms with Crippen LogP contribution in [0, 0.1) is 29.1 Å². The molecule has 0 heterocycles. The first-order valence-electron chi connectivity index (χ1n) is 12.3. The van der Waals surface area contributed by atoms with E-state index in [9.17, 15) is 0 Å². The van der Waals surface area contributed by atoms with Gasteiger partial charge in [-0.15, -0.1) is 0 Å². The zero-order chi connectivity index (χ0) is 19.6. The van der Waals surface area contributed by atoms with E-state index in [1.165, 1.54) is 102 Å². The monoisotopic (exact) mass is 379 g/mol. The van der Waals surface area contributed by atoms with Crippen LogP contribution in [-0.2, 0) is 0 Å². The minimum Gasteiger partial charge on any atom is -0.192 e. The maximum Gasteiger partial charge on any atom is 0.0991 e. The van der Waals surface area contributed by atoms with Crippen molar-refractivity contribution in [3.05, 3.63) is 35.4 Å². The Hall–Kier alpha value is -1.29. The fraction of sp³-hybridized carbons (Fsp3) is 0.741. The molecule has 0 aliphatic heterocycles. The van der Waals surface area contributed by atoms with Crippen molar-refractivity contribution in [2.24, 2.45) is 17.8 Å². The number of hydrogen-bond acceptors (Lipinski definition) is 1. The van der Waals surface area contributed by atoms with Crippen molar-refractivity contribution in [2.45, 2.75) is 109 Å². The molecule has 0 saturated heterocycles. The molecule has 0 atom stereocenters. The molecule has 154 valence electrons. The normalized spacial score (nSPS) is 28.0. The van der Waals surface area contributed by atoms with E-state index >= 15 is 0 Å². The van der Waals surface area contributed by atoms with Gasteiger partial charge >= 0.3 is 0 Å². The van der Waals surface area contributed by atoms with Crippen LogP contribution in [0.25, 0.3) is 0 Å². The lowest BCUT2D eigenvalue weighted by Crippen LogP contribution is -2.25. The van der Waals surface area contributed by atoms with Gasteiger partial charge in [0.2, 0.25) is 0 Å². The number of nitriles is 1. The van der Waals surface area contributed by atoms with E-state index in [0.29, 0.717) is 0 Å². The summed E-state index contributed by atoms with van der Waals surface area (Å²) in [5.74, 6) is 3.78. The summed E-state index contributed by atoms with van der Waals surface area (Å²) < 4.78 is 0. The Morgan fingerprint density at radius 1 is 0.750 bits per heavy atom. The Morgan fingerprint density at radius 3 is 1.93 bits per heavy atom. The van der Waals surface area contributed by atoms with Gasteiger partial charge in [-0.05, 0) is 79.9 Å². The second kappa shape index (κ2) is 11.6. The minimum absolute atomic E-state index is 0.730. The van der Waals surface area contributed by atoms with Crippen LogP contribution in [0.2, 0.25) is 0 Å². The molecule has 0 N–H and O–H groups in total. The maximum atomic E-state index is 8.98. The first-order chi connectivity index (χ1) is 13.8. The molecule has 1 heteroatoms. The summed E-state index contributed by atoms with van der Waals surface area (Å²) in [6.07, 6.45) is 21.8. The van der Waals surface area contributed by atoms with E-state index in [1.54, 1.807) is 0 Å². The van der Waals surface area contributed by atoms with Gasteiger partial charge in [0, 0.05) is 0 Å². The SMILES string of the molecule is CCCCCCCCC1CCC(C2CCC(c3ccc(C#N)cc3)CC2)CC1. The molecule has 3 rings (SSSR count). The predicted molar refractivity (Wildman–Crippen MR) is 119 cm³/mol. The van der Waals surface area contributed by atoms with Crippen LogP contribution < -0.4 is 0 Å². The second-order valence-electron chi connectivity index (χ2n) is 9.68. The van der Waals surface area contributed by atoms with E-state index < -0.39 is 0 Å². The van der Waals surface area contributed by atoms with Crippen LogP contribution in [0.4, 0.5) is 0 Å². The second-order valence-corrected chi connectivity index (χ2v) is 9.68. The Bertz CT molecular complexity index is 580. The maximum absolute atomic E-state index is 8.98. The average molecular weight is 380 g/mol. The number of nitrogens with zero attached hydrogens (tertiary/aromatic N) is 1. The zero-order valence-corrected chi connectivity index (χ0v) is 18.2. The molecular weight excluding hydrogens is 338 g/mol. The van der Waals surface area contributed by atoms with Gasteiger partial charge in [0.05, 0.1) is 11.6 Å². The van der Waals surface area contributed by atoms with E-state index in [-0.39, 0.29) is 0 Å². The number of hydrogen-bond donors (Lipinski definition) is 0. The van der Waals surface area contributed by atoms with Crippen LogP contribution >= 0.6 is 0 Å². The van der Waals surface area contributed by atoms with Crippen molar-refractivity contribution in [1.82, 2.24) is 0 Å². The van der Waals surface area contributed by atoms with Crippen LogP contribution in [0.1, 0.15) is 120 Å². The van der Waals surface area contributed by atoms with E-state index in [1.807, 2.05) is 12.1 Å². The summed E-state index contributed by atoms with van der Waals surface area (Å²) in [6.45, 7) is 2.30. The van der Waals surface area contributed by atoms with Crippen molar-refractivity contribution < 1.29 is 0 Å². The lowest BCUT2D eigenvalue weighted by Gasteiger charge is -2.38. The Kier molecular flexibility index (Phi) is 8.91. The quantitative estimate of drug-likeness (QED) is 0.395. The molecule has 0 amide bonds. The highest BCUT2D eigenvalue weighted by Gasteiger charge is 2.31. The highest BCUT2D eigenvalue weighted by molar-refractivity contribution is 5.33. The Morgan fingerprint density at radius 2 is 1.32 bits per heavy atom. The molecule has 0 radical (unpaired) electrons. The van der Waals surface area contributed by atoms with Gasteiger partial charge in [-0.25, -0.2) is 0 Å². The standard InChI is InChI=1S/C27H41N/c1-2-3-4-5-6-7-8-22-9-13-24(14-10-22)26-17-19-27(20-18-26)25-15-11-23(21-28)12-16-25/h11-12,15-16,22,24,26-27H,2-10,13-14,17-20H2,1H3. The van der Waals surface area contributed by atoms with Gasteiger partial charge in [-0.1, -0.05) is 76.8 Å². The zero-order valence-electron chi connectivity index (χ0n) is 18.2. The Labute approximate surface area is 173 Å². The summed E-state index contributed by atoms with van der Waals surface area (Å²) >= 11 is 0. The smallest absolute Gasteiger partial charge is 0.0991 e. The molecule has 2 saturated carbocycles. The molecule has 1 nitrogen and oxygen atoms in total. The molecule has 1 aromatic rings. The molecule has 2 fully saturated rings. The first kappa shape index (κ1) is 21.4. The fourth-order valence-electron chi connectivity index (χ4n) is 5.92. The van der Waals surface area contributed by atoms with E-state index in [0.717, 1.165) is 29.2 Å². The van der Waals surface area contributed by atoms with Crippen LogP contribution in [-0.4, -0.2) is 0 Å². The molecule has 2 aliphatic carbocycles. The summed E-state index contributed by atoms with van der Waals surface area (Å²) in [5.41, 5.74) is 2.25. The predicted octanol–water partition coefficient (Wildman–Crippen LogP) is 8.39. The van der Waals surface area contributed by atoms with Gasteiger partial charge in [-0.3, -0.25) is 0 Å². The summed E-state index contributed by atoms with van der Waals surface area (Å²) in [5, 5.41) is 8.98. The topological polar surface area (TPSA) is 23.8 Å². The largest absolute Gasteiger partial charge is 0.192 e. The summed E-state index contributed by atoms with van der Waals surface area (Å²) in [7, 11) is 0. The van der Waals surface area contributed by atoms with Gasteiger partial charge < -0.3 is 0 Å². The van der Waals surface area contributed by atoms with Crippen LogP contribution in [0.15, 0.2) is 24.3 Å². The van der Waals surface area contributed by atoms with Gasteiger partial charge in [0.25, 0.3) is 0 Å². The molecule has 0 spiro atoms. The third kappa shape index (κ3) is 6.37. The van der Waals surface area contributed by atoms with E-state index in [2.05, 4.69) is 25.1 Å². The first-order valence-corrected chi connectivity index (χ1v) is 12.3. The number of unbranched alkanes of at least 4 members (excludes halogenated alkanes) is 5. The lowest BCUT2D eigenvalue weighted by atomic mass is 9.68. The molecule has 0 unspecified atom stereocenters. The molecule has 28 heavy (non-hydrogen) atoms. The third-order valence-electron chi connectivity index (χ3n) is 7.81. The fourth-order valence-corrected chi connectivity index (χ4v) is 5.92. The molecule has 0 aromatic heterocycles. The van der Waals surface area contributed by atoms with Crippen LogP contribution in [0.3, 0.4) is 0 Å². The summed E-state index contributed by atoms with van der Waals surface area (Å²) in [4.78, 5) is 0. The molecule has 2 aliphatic rings. The number of rotatable bonds is 9. The van der Waals surface area contributed by atoms with Crippen molar-refractivity contribution in [1.29, 1.82) is 5.26 Å². The lowest BCUT2D eigenvalue weighted by molar-refractivity contribution is 0.155. The van der Waals surface area contributed by atoms with E-state index in [4.69, 9.17) is 5.26 Å². The molecule has 0 bridgehead atoms. The van der Waals surface area contributed by atoms with Crippen molar-refractivity contribution in [3.63, 3.8) is 0 Å². The minimum atomic E-state index is 0.730. The highest BCUT2D eigenvalue weighted by atomic mass is 14.4. The van der Waals surface area contributed by atoms with Crippen molar-refractivity contribution in [3.8, 4) is 6.07 Å². The van der Waals surface area contributed by atoms with Crippen molar-refractivity contribution in [2.75, 3.05) is 0 Å². The summed E-state index contributed by atoms with van der Waals surface area (Å²) in [6, 6.07) is 10.6.